The third-order valence-electron chi connectivity index (χ3n) is 2.81. The third kappa shape index (κ3) is 9.95. The minimum atomic E-state index is -0.893. The van der Waals surface area contributed by atoms with Crippen molar-refractivity contribution in [3.63, 3.8) is 0 Å². The lowest BCUT2D eigenvalue weighted by Gasteiger charge is -2.26. The number of aliphatic carboxylic acids is 1. The van der Waals surface area contributed by atoms with Gasteiger partial charge in [-0.2, -0.15) is 11.8 Å². The lowest BCUT2D eigenvalue weighted by atomic mass is 9.87. The van der Waals surface area contributed by atoms with Crippen LogP contribution in [0.15, 0.2) is 0 Å². The highest BCUT2D eigenvalue weighted by atomic mass is 32.2. The Morgan fingerprint density at radius 2 is 1.75 bits per heavy atom. The van der Waals surface area contributed by atoms with Gasteiger partial charge in [-0.1, -0.05) is 27.7 Å². The summed E-state index contributed by atoms with van der Waals surface area (Å²) in [6.45, 7) is 8.11. The van der Waals surface area contributed by atoms with Crippen LogP contribution in [-0.4, -0.2) is 41.2 Å². The monoisotopic (exact) mass is 304 g/mol. The van der Waals surface area contributed by atoms with Crippen LogP contribution in [0.25, 0.3) is 0 Å². The van der Waals surface area contributed by atoms with Gasteiger partial charge in [0.05, 0.1) is 6.42 Å². The number of urea groups is 1. The largest absolute Gasteiger partial charge is 0.481 e. The summed E-state index contributed by atoms with van der Waals surface area (Å²) in [7, 11) is 0. The SMILES string of the molecule is CCC(CSC)NC(=O)NC(CC(=O)O)CC(C)(C)C. The van der Waals surface area contributed by atoms with Crippen LogP contribution in [0.2, 0.25) is 0 Å². The van der Waals surface area contributed by atoms with Gasteiger partial charge in [-0.05, 0) is 24.5 Å². The van der Waals surface area contributed by atoms with Gasteiger partial charge in [0.2, 0.25) is 0 Å². The maximum atomic E-state index is 11.9. The summed E-state index contributed by atoms with van der Waals surface area (Å²) in [5.74, 6) is -0.0389. The van der Waals surface area contributed by atoms with Crippen molar-refractivity contribution in [3.8, 4) is 0 Å². The molecule has 0 spiro atoms. The molecule has 2 amide bonds. The number of hydrogen-bond acceptors (Lipinski definition) is 3. The molecule has 0 aromatic rings. The van der Waals surface area contributed by atoms with Gasteiger partial charge < -0.3 is 15.7 Å². The maximum absolute atomic E-state index is 11.9. The van der Waals surface area contributed by atoms with E-state index in [9.17, 15) is 9.59 Å². The van der Waals surface area contributed by atoms with Gasteiger partial charge >= 0.3 is 12.0 Å². The summed E-state index contributed by atoms with van der Waals surface area (Å²) in [5, 5.41) is 14.6. The zero-order valence-corrected chi connectivity index (χ0v) is 14.0. The summed E-state index contributed by atoms with van der Waals surface area (Å²) in [4.78, 5) is 22.8. The van der Waals surface area contributed by atoms with Crippen LogP contribution in [0.3, 0.4) is 0 Å². The Balaban J connectivity index is 4.47. The molecule has 0 bridgehead atoms. The van der Waals surface area contributed by atoms with E-state index in [0.29, 0.717) is 6.42 Å². The summed E-state index contributed by atoms with van der Waals surface area (Å²) in [6.07, 6.45) is 3.43. The van der Waals surface area contributed by atoms with Crippen LogP contribution in [0.4, 0.5) is 4.79 Å². The fourth-order valence-electron chi connectivity index (χ4n) is 2.00. The fourth-order valence-corrected chi connectivity index (χ4v) is 2.72. The minimum absolute atomic E-state index is 0.0309. The Morgan fingerprint density at radius 1 is 1.20 bits per heavy atom. The Morgan fingerprint density at radius 3 is 2.15 bits per heavy atom. The normalized spacial score (nSPS) is 14.4. The second kappa shape index (κ2) is 9.10. The van der Waals surface area contributed by atoms with Crippen LogP contribution >= 0.6 is 11.8 Å². The van der Waals surface area contributed by atoms with Crippen molar-refractivity contribution >= 4 is 23.8 Å². The van der Waals surface area contributed by atoms with E-state index < -0.39 is 5.97 Å². The number of rotatable bonds is 8. The topological polar surface area (TPSA) is 78.4 Å². The molecule has 0 aromatic heterocycles. The average Bonchev–Trinajstić information content (AvgIpc) is 2.24. The van der Waals surface area contributed by atoms with E-state index in [0.717, 1.165) is 12.2 Å². The Kier molecular flexibility index (Phi) is 8.69. The third-order valence-corrected chi connectivity index (χ3v) is 3.55. The molecule has 0 aromatic carbocycles. The van der Waals surface area contributed by atoms with Gasteiger partial charge in [0.25, 0.3) is 0 Å². The maximum Gasteiger partial charge on any atom is 0.315 e. The number of carbonyl (C=O) groups is 2. The van der Waals surface area contributed by atoms with Crippen molar-refractivity contribution in [1.82, 2.24) is 10.6 Å². The summed E-state index contributed by atoms with van der Waals surface area (Å²) in [6, 6.07) is -0.509. The van der Waals surface area contributed by atoms with Gasteiger partial charge in [0, 0.05) is 17.8 Å². The number of hydrogen-bond donors (Lipinski definition) is 3. The zero-order chi connectivity index (χ0) is 15.8. The molecule has 0 aliphatic rings. The molecule has 2 atom stereocenters. The molecule has 2 unspecified atom stereocenters. The molecule has 0 radical (unpaired) electrons. The van der Waals surface area contributed by atoms with E-state index in [4.69, 9.17) is 5.11 Å². The van der Waals surface area contributed by atoms with E-state index in [2.05, 4.69) is 10.6 Å². The number of nitrogens with one attached hydrogen (secondary N) is 2. The smallest absolute Gasteiger partial charge is 0.315 e. The molecule has 0 saturated carbocycles. The molecular formula is C14H28N2O3S. The highest BCUT2D eigenvalue weighted by Gasteiger charge is 2.23. The standard InChI is InChI=1S/C14H28N2O3S/c1-6-10(9-20-5)15-13(19)16-11(7-12(17)18)8-14(2,3)4/h10-11H,6-9H2,1-5H3,(H,17,18)(H2,15,16,19). The first-order chi connectivity index (χ1) is 9.17. The van der Waals surface area contributed by atoms with Crippen LogP contribution in [0.1, 0.15) is 47.0 Å². The zero-order valence-electron chi connectivity index (χ0n) is 13.2. The molecular weight excluding hydrogens is 276 g/mol. The van der Waals surface area contributed by atoms with Crippen molar-refractivity contribution < 1.29 is 14.7 Å². The molecule has 0 fully saturated rings. The fraction of sp³-hybridized carbons (Fsp3) is 0.857. The number of amides is 2. The Hall–Kier alpha value is -0.910. The van der Waals surface area contributed by atoms with Crippen LogP contribution in [0.5, 0.6) is 0 Å². The second-order valence-corrected chi connectivity index (χ2v) is 7.15. The Bertz CT molecular complexity index is 316. The summed E-state index contributed by atoms with van der Waals surface area (Å²) < 4.78 is 0. The first-order valence-corrected chi connectivity index (χ1v) is 8.35. The van der Waals surface area contributed by atoms with Crippen molar-refractivity contribution in [2.24, 2.45) is 5.41 Å². The van der Waals surface area contributed by atoms with Crippen molar-refractivity contribution in [1.29, 1.82) is 0 Å². The second-order valence-electron chi connectivity index (χ2n) is 6.24. The van der Waals surface area contributed by atoms with Gasteiger partial charge in [-0.25, -0.2) is 4.79 Å². The van der Waals surface area contributed by atoms with Crippen molar-refractivity contribution in [2.75, 3.05) is 12.0 Å². The molecule has 0 rings (SSSR count). The van der Waals surface area contributed by atoms with E-state index in [1.165, 1.54) is 0 Å². The highest BCUT2D eigenvalue weighted by molar-refractivity contribution is 7.98. The predicted octanol–water partition coefficient (Wildman–Crippen LogP) is 2.71. The molecule has 0 saturated heterocycles. The molecule has 20 heavy (non-hydrogen) atoms. The van der Waals surface area contributed by atoms with E-state index in [-0.39, 0.29) is 30.0 Å². The lowest BCUT2D eigenvalue weighted by Crippen LogP contribution is -2.48. The highest BCUT2D eigenvalue weighted by Crippen LogP contribution is 2.22. The van der Waals surface area contributed by atoms with Gasteiger partial charge in [0.1, 0.15) is 0 Å². The van der Waals surface area contributed by atoms with Crippen LogP contribution < -0.4 is 10.6 Å². The molecule has 6 heteroatoms. The molecule has 0 aliphatic carbocycles. The molecule has 5 nitrogen and oxygen atoms in total. The van der Waals surface area contributed by atoms with Gasteiger partial charge in [-0.3, -0.25) is 4.79 Å². The number of carboxylic acids is 1. The molecule has 118 valence electrons. The molecule has 3 N–H and O–H groups in total. The number of thioether (sulfide) groups is 1. The van der Waals surface area contributed by atoms with Crippen LogP contribution in [0, 0.1) is 5.41 Å². The summed E-state index contributed by atoms with van der Waals surface area (Å²) in [5.41, 5.74) is -0.0309. The van der Waals surface area contributed by atoms with Crippen LogP contribution in [-0.2, 0) is 4.79 Å². The Labute approximate surface area is 126 Å². The van der Waals surface area contributed by atoms with Gasteiger partial charge in [0.15, 0.2) is 0 Å². The van der Waals surface area contributed by atoms with Crippen molar-refractivity contribution in [2.45, 2.75) is 59.0 Å². The minimum Gasteiger partial charge on any atom is -0.481 e. The molecule has 0 heterocycles. The average molecular weight is 304 g/mol. The van der Waals surface area contributed by atoms with E-state index >= 15 is 0 Å². The first-order valence-electron chi connectivity index (χ1n) is 6.95. The van der Waals surface area contributed by atoms with E-state index in [1.54, 1.807) is 11.8 Å². The van der Waals surface area contributed by atoms with E-state index in [1.807, 2.05) is 34.0 Å². The quantitative estimate of drug-likeness (QED) is 0.644. The first kappa shape index (κ1) is 19.1. The summed E-state index contributed by atoms with van der Waals surface area (Å²) >= 11 is 1.68. The number of carbonyl (C=O) groups excluding carboxylic acids is 1. The van der Waals surface area contributed by atoms with Gasteiger partial charge in [-0.15, -0.1) is 0 Å². The predicted molar refractivity (Wildman–Crippen MR) is 84.2 cm³/mol. The lowest BCUT2D eigenvalue weighted by molar-refractivity contribution is -0.137. The van der Waals surface area contributed by atoms with Crippen molar-refractivity contribution in [3.05, 3.63) is 0 Å². The molecule has 0 aliphatic heterocycles. The number of carboxylic acid groups (broad SMARTS) is 1.